The summed E-state index contributed by atoms with van der Waals surface area (Å²) in [7, 11) is 0. The summed E-state index contributed by atoms with van der Waals surface area (Å²) >= 11 is 11.7. The minimum Gasteiger partial charge on any atom is -0.234 e. The number of pyridine rings is 1. The Hall–Kier alpha value is -1.06. The molecule has 0 spiro atoms. The van der Waals surface area contributed by atoms with Crippen molar-refractivity contribution in [1.82, 2.24) is 14.8 Å². The van der Waals surface area contributed by atoms with Gasteiger partial charge in [-0.05, 0) is 19.1 Å². The molecule has 0 aromatic carbocycles. The highest BCUT2D eigenvalue weighted by molar-refractivity contribution is 6.35. The van der Waals surface area contributed by atoms with Crippen LogP contribution in [-0.4, -0.2) is 14.8 Å². The molecule has 2 rings (SSSR count). The molecular formula is C9H7Cl2N3. The van der Waals surface area contributed by atoms with Gasteiger partial charge in [0.1, 0.15) is 0 Å². The number of hydrogen-bond acceptors (Lipinski definition) is 2. The topological polar surface area (TPSA) is 30.7 Å². The molecule has 0 amide bonds. The van der Waals surface area contributed by atoms with Crippen molar-refractivity contribution in [2.24, 2.45) is 0 Å². The van der Waals surface area contributed by atoms with E-state index in [1.807, 2.05) is 13.0 Å². The van der Waals surface area contributed by atoms with Crippen molar-refractivity contribution in [2.75, 3.05) is 0 Å². The second-order valence-electron chi connectivity index (χ2n) is 2.86. The van der Waals surface area contributed by atoms with Gasteiger partial charge in [-0.3, -0.25) is 0 Å². The zero-order valence-electron chi connectivity index (χ0n) is 7.41. The second-order valence-corrected chi connectivity index (χ2v) is 3.70. The molecule has 0 saturated carbocycles. The Morgan fingerprint density at radius 2 is 2.14 bits per heavy atom. The lowest BCUT2D eigenvalue weighted by atomic mass is 10.4. The van der Waals surface area contributed by atoms with Crippen LogP contribution in [0.1, 0.15) is 5.69 Å². The van der Waals surface area contributed by atoms with Crippen LogP contribution >= 0.6 is 23.2 Å². The van der Waals surface area contributed by atoms with E-state index < -0.39 is 0 Å². The fourth-order valence-electron chi connectivity index (χ4n) is 1.11. The van der Waals surface area contributed by atoms with Gasteiger partial charge in [0.05, 0.1) is 15.7 Å². The van der Waals surface area contributed by atoms with E-state index in [0.717, 1.165) is 5.69 Å². The number of rotatable bonds is 1. The van der Waals surface area contributed by atoms with E-state index in [1.165, 1.54) is 0 Å². The molecule has 0 saturated heterocycles. The minimum absolute atomic E-state index is 0.487. The van der Waals surface area contributed by atoms with Crippen LogP contribution in [0, 0.1) is 6.92 Å². The predicted molar refractivity (Wildman–Crippen MR) is 56.1 cm³/mol. The summed E-state index contributed by atoms with van der Waals surface area (Å²) in [4.78, 5) is 4.10. The molecule has 0 aliphatic carbocycles. The molecule has 14 heavy (non-hydrogen) atoms. The van der Waals surface area contributed by atoms with Crippen molar-refractivity contribution >= 4 is 23.2 Å². The minimum atomic E-state index is 0.487. The van der Waals surface area contributed by atoms with Gasteiger partial charge < -0.3 is 0 Å². The summed E-state index contributed by atoms with van der Waals surface area (Å²) in [6.45, 7) is 1.90. The van der Waals surface area contributed by atoms with Gasteiger partial charge in [-0.25, -0.2) is 9.67 Å². The molecule has 0 unspecified atom stereocenters. The zero-order chi connectivity index (χ0) is 10.1. The first-order valence-electron chi connectivity index (χ1n) is 4.00. The second kappa shape index (κ2) is 3.59. The molecule has 0 aliphatic heterocycles. The van der Waals surface area contributed by atoms with Crippen molar-refractivity contribution in [2.45, 2.75) is 6.92 Å². The number of aromatic nitrogens is 3. The van der Waals surface area contributed by atoms with E-state index in [0.29, 0.717) is 15.9 Å². The molecule has 2 heterocycles. The van der Waals surface area contributed by atoms with Crippen molar-refractivity contribution < 1.29 is 0 Å². The van der Waals surface area contributed by atoms with E-state index in [2.05, 4.69) is 10.1 Å². The van der Waals surface area contributed by atoms with Crippen LogP contribution in [0.3, 0.4) is 0 Å². The summed E-state index contributed by atoms with van der Waals surface area (Å²) in [5.74, 6) is 0.587. The number of nitrogens with zero attached hydrogens (tertiary/aromatic N) is 3. The third-order valence-corrected chi connectivity index (χ3v) is 2.21. The van der Waals surface area contributed by atoms with E-state index in [4.69, 9.17) is 23.2 Å². The van der Waals surface area contributed by atoms with E-state index in [1.54, 1.807) is 23.1 Å². The molecule has 0 radical (unpaired) electrons. The number of aryl methyl sites for hydroxylation is 1. The molecule has 0 atom stereocenters. The highest BCUT2D eigenvalue weighted by Crippen LogP contribution is 2.21. The molecule has 0 fully saturated rings. The van der Waals surface area contributed by atoms with Crippen molar-refractivity contribution in [1.29, 1.82) is 0 Å². The smallest absolute Gasteiger partial charge is 0.172 e. The molecule has 5 heteroatoms. The Balaban J connectivity index is 2.52. The van der Waals surface area contributed by atoms with Crippen molar-refractivity contribution in [3.8, 4) is 5.82 Å². The third-order valence-electron chi connectivity index (χ3n) is 1.73. The van der Waals surface area contributed by atoms with Crippen molar-refractivity contribution in [3.63, 3.8) is 0 Å². The Morgan fingerprint density at radius 3 is 2.71 bits per heavy atom. The van der Waals surface area contributed by atoms with Crippen LogP contribution in [0.15, 0.2) is 24.5 Å². The predicted octanol–water partition coefficient (Wildman–Crippen LogP) is 2.88. The normalized spacial score (nSPS) is 10.5. The van der Waals surface area contributed by atoms with E-state index >= 15 is 0 Å². The molecule has 2 aromatic heterocycles. The molecular weight excluding hydrogens is 221 g/mol. The van der Waals surface area contributed by atoms with E-state index in [-0.39, 0.29) is 0 Å². The SMILES string of the molecule is Cc1ccn(-c2ncc(Cl)cc2Cl)n1. The Bertz CT molecular complexity index is 465. The van der Waals surface area contributed by atoms with Gasteiger partial charge >= 0.3 is 0 Å². The summed E-state index contributed by atoms with van der Waals surface area (Å²) in [6.07, 6.45) is 3.34. The molecule has 0 N–H and O–H groups in total. The summed E-state index contributed by atoms with van der Waals surface area (Å²) in [5, 5.41) is 5.20. The lowest BCUT2D eigenvalue weighted by Gasteiger charge is -2.02. The third kappa shape index (κ3) is 1.74. The van der Waals surface area contributed by atoms with Crippen LogP contribution in [0.25, 0.3) is 5.82 Å². The van der Waals surface area contributed by atoms with Gasteiger partial charge in [0, 0.05) is 12.4 Å². The maximum Gasteiger partial charge on any atom is 0.172 e. The average Bonchev–Trinajstić information content (AvgIpc) is 2.51. The first kappa shape index (κ1) is 9.49. The van der Waals surface area contributed by atoms with Gasteiger partial charge in [0.25, 0.3) is 0 Å². The monoisotopic (exact) mass is 227 g/mol. The van der Waals surface area contributed by atoms with Crippen LogP contribution in [-0.2, 0) is 0 Å². The lowest BCUT2D eigenvalue weighted by Crippen LogP contribution is -1.99. The number of halogens is 2. The van der Waals surface area contributed by atoms with Crippen LogP contribution in [0.2, 0.25) is 10.0 Å². The molecule has 2 aromatic rings. The molecule has 0 aliphatic rings. The molecule has 72 valence electrons. The Labute approximate surface area is 91.3 Å². The fourth-order valence-corrected chi connectivity index (χ4v) is 1.58. The highest BCUT2D eigenvalue weighted by atomic mass is 35.5. The van der Waals surface area contributed by atoms with Crippen molar-refractivity contribution in [3.05, 3.63) is 40.3 Å². The zero-order valence-corrected chi connectivity index (χ0v) is 8.92. The lowest BCUT2D eigenvalue weighted by molar-refractivity contribution is 0.833. The van der Waals surface area contributed by atoms with Gasteiger partial charge in [0.2, 0.25) is 0 Å². The molecule has 3 nitrogen and oxygen atoms in total. The van der Waals surface area contributed by atoms with Gasteiger partial charge in [-0.15, -0.1) is 0 Å². The first-order valence-corrected chi connectivity index (χ1v) is 4.76. The van der Waals surface area contributed by atoms with Gasteiger partial charge in [-0.1, -0.05) is 23.2 Å². The first-order chi connectivity index (χ1) is 6.66. The van der Waals surface area contributed by atoms with Crippen LogP contribution in [0.5, 0.6) is 0 Å². The summed E-state index contributed by atoms with van der Waals surface area (Å²) < 4.78 is 1.62. The van der Waals surface area contributed by atoms with Crippen LogP contribution in [0.4, 0.5) is 0 Å². The maximum absolute atomic E-state index is 5.97. The van der Waals surface area contributed by atoms with Gasteiger partial charge in [0.15, 0.2) is 5.82 Å². The Kier molecular flexibility index (Phi) is 2.44. The number of hydrogen-bond donors (Lipinski definition) is 0. The average molecular weight is 228 g/mol. The highest BCUT2D eigenvalue weighted by Gasteiger charge is 2.05. The summed E-state index contributed by atoms with van der Waals surface area (Å²) in [6, 6.07) is 3.52. The largest absolute Gasteiger partial charge is 0.234 e. The fraction of sp³-hybridized carbons (Fsp3) is 0.111. The van der Waals surface area contributed by atoms with Gasteiger partial charge in [-0.2, -0.15) is 5.10 Å². The maximum atomic E-state index is 5.97. The quantitative estimate of drug-likeness (QED) is 0.751. The molecule has 0 bridgehead atoms. The van der Waals surface area contributed by atoms with Crippen LogP contribution < -0.4 is 0 Å². The summed E-state index contributed by atoms with van der Waals surface area (Å²) in [5.41, 5.74) is 0.915. The van der Waals surface area contributed by atoms with E-state index in [9.17, 15) is 0 Å². The standard InChI is InChI=1S/C9H7Cl2N3/c1-6-2-3-14(13-6)9-8(11)4-7(10)5-12-9/h2-5H,1H3. The Morgan fingerprint density at radius 1 is 1.36 bits per heavy atom.